The molecular weight excluding hydrogens is 222 g/mol. The second-order valence-corrected chi connectivity index (χ2v) is 5.38. The van der Waals surface area contributed by atoms with Crippen LogP contribution in [0.15, 0.2) is 16.8 Å². The van der Waals surface area contributed by atoms with Crippen molar-refractivity contribution in [2.24, 2.45) is 5.16 Å². The SMILES string of the molecule is CCCCCCCCCCC(CC=C(C)C)=NO. The van der Waals surface area contributed by atoms with E-state index >= 15 is 0 Å². The molecular formula is C16H31NO. The van der Waals surface area contributed by atoms with Gasteiger partial charge in [-0.25, -0.2) is 0 Å². The normalized spacial score (nSPS) is 11.6. The van der Waals surface area contributed by atoms with Gasteiger partial charge in [-0.05, 0) is 26.7 Å². The van der Waals surface area contributed by atoms with Gasteiger partial charge in [0, 0.05) is 6.42 Å². The van der Waals surface area contributed by atoms with Crippen molar-refractivity contribution in [1.29, 1.82) is 0 Å². The Morgan fingerprint density at radius 1 is 0.944 bits per heavy atom. The fourth-order valence-electron chi connectivity index (χ4n) is 1.98. The first-order valence-electron chi connectivity index (χ1n) is 7.53. The average molecular weight is 253 g/mol. The highest BCUT2D eigenvalue weighted by atomic mass is 16.4. The van der Waals surface area contributed by atoms with Crippen LogP contribution in [0.5, 0.6) is 0 Å². The Hall–Kier alpha value is -0.790. The number of allylic oxidation sites excluding steroid dienone is 2. The van der Waals surface area contributed by atoms with Crippen molar-refractivity contribution in [2.75, 3.05) is 0 Å². The molecule has 0 bridgehead atoms. The summed E-state index contributed by atoms with van der Waals surface area (Å²) in [5.41, 5.74) is 2.20. The van der Waals surface area contributed by atoms with E-state index in [9.17, 15) is 0 Å². The van der Waals surface area contributed by atoms with Crippen molar-refractivity contribution in [1.82, 2.24) is 0 Å². The summed E-state index contributed by atoms with van der Waals surface area (Å²) in [5, 5.41) is 12.3. The van der Waals surface area contributed by atoms with E-state index in [2.05, 4.69) is 32.0 Å². The van der Waals surface area contributed by atoms with Crippen LogP contribution in [0, 0.1) is 0 Å². The summed E-state index contributed by atoms with van der Waals surface area (Å²) in [7, 11) is 0. The minimum Gasteiger partial charge on any atom is -0.411 e. The molecule has 18 heavy (non-hydrogen) atoms. The van der Waals surface area contributed by atoms with E-state index in [-0.39, 0.29) is 0 Å². The lowest BCUT2D eigenvalue weighted by molar-refractivity contribution is 0.316. The number of rotatable bonds is 11. The fourth-order valence-corrected chi connectivity index (χ4v) is 1.98. The van der Waals surface area contributed by atoms with Crippen LogP contribution in [-0.2, 0) is 0 Å². The van der Waals surface area contributed by atoms with Gasteiger partial charge >= 0.3 is 0 Å². The maximum Gasteiger partial charge on any atom is 0.0608 e. The van der Waals surface area contributed by atoms with E-state index in [1.807, 2.05) is 0 Å². The molecule has 1 N–H and O–H groups in total. The molecule has 0 radical (unpaired) electrons. The first kappa shape index (κ1) is 17.2. The number of hydrogen-bond acceptors (Lipinski definition) is 2. The smallest absolute Gasteiger partial charge is 0.0608 e. The number of oxime groups is 1. The molecule has 0 amide bonds. The van der Waals surface area contributed by atoms with Gasteiger partial charge in [0.2, 0.25) is 0 Å². The van der Waals surface area contributed by atoms with Gasteiger partial charge in [0.05, 0.1) is 5.71 Å². The van der Waals surface area contributed by atoms with E-state index in [4.69, 9.17) is 5.21 Å². The van der Waals surface area contributed by atoms with Crippen LogP contribution in [0.3, 0.4) is 0 Å². The molecule has 0 spiro atoms. The lowest BCUT2D eigenvalue weighted by Crippen LogP contribution is -1.97. The lowest BCUT2D eigenvalue weighted by atomic mass is 10.0. The van der Waals surface area contributed by atoms with Gasteiger partial charge in [-0.3, -0.25) is 0 Å². The van der Waals surface area contributed by atoms with Crippen LogP contribution < -0.4 is 0 Å². The molecule has 2 nitrogen and oxygen atoms in total. The zero-order valence-corrected chi connectivity index (χ0v) is 12.5. The Bertz CT molecular complexity index is 239. The van der Waals surface area contributed by atoms with Gasteiger partial charge in [-0.1, -0.05) is 68.7 Å². The lowest BCUT2D eigenvalue weighted by Gasteiger charge is -2.03. The highest BCUT2D eigenvalue weighted by molar-refractivity contribution is 5.85. The molecule has 0 atom stereocenters. The topological polar surface area (TPSA) is 32.6 Å². The van der Waals surface area contributed by atoms with Gasteiger partial charge in [0.1, 0.15) is 0 Å². The zero-order chi connectivity index (χ0) is 13.6. The Morgan fingerprint density at radius 2 is 1.50 bits per heavy atom. The van der Waals surface area contributed by atoms with E-state index in [1.54, 1.807) is 0 Å². The first-order chi connectivity index (χ1) is 8.70. The highest BCUT2D eigenvalue weighted by Gasteiger charge is 1.99. The maximum absolute atomic E-state index is 8.90. The Balaban J connectivity index is 3.43. The van der Waals surface area contributed by atoms with Crippen LogP contribution in [0.1, 0.15) is 85.0 Å². The fraction of sp³-hybridized carbons (Fsp3) is 0.812. The molecule has 0 unspecified atom stereocenters. The molecule has 0 aromatic heterocycles. The maximum atomic E-state index is 8.90. The van der Waals surface area contributed by atoms with Crippen LogP contribution in [-0.4, -0.2) is 10.9 Å². The Morgan fingerprint density at radius 3 is 2.00 bits per heavy atom. The summed E-state index contributed by atoms with van der Waals surface area (Å²) in [5.74, 6) is 0. The second kappa shape index (κ2) is 12.7. The van der Waals surface area contributed by atoms with Crippen LogP contribution in [0.25, 0.3) is 0 Å². The van der Waals surface area contributed by atoms with Crippen molar-refractivity contribution in [3.05, 3.63) is 11.6 Å². The monoisotopic (exact) mass is 253 g/mol. The van der Waals surface area contributed by atoms with Gasteiger partial charge in [0.15, 0.2) is 0 Å². The summed E-state index contributed by atoms with van der Waals surface area (Å²) >= 11 is 0. The van der Waals surface area contributed by atoms with Crippen LogP contribution >= 0.6 is 0 Å². The minimum atomic E-state index is 0.801. The molecule has 0 heterocycles. The van der Waals surface area contributed by atoms with Crippen molar-refractivity contribution >= 4 is 5.71 Å². The van der Waals surface area contributed by atoms with Crippen molar-refractivity contribution in [3.63, 3.8) is 0 Å². The van der Waals surface area contributed by atoms with Gasteiger partial charge in [-0.15, -0.1) is 0 Å². The van der Waals surface area contributed by atoms with Crippen molar-refractivity contribution < 1.29 is 5.21 Å². The van der Waals surface area contributed by atoms with Crippen LogP contribution in [0.4, 0.5) is 0 Å². The molecule has 0 saturated carbocycles. The minimum absolute atomic E-state index is 0.801. The van der Waals surface area contributed by atoms with Gasteiger partial charge < -0.3 is 5.21 Å². The molecule has 2 heteroatoms. The number of unbranched alkanes of at least 4 members (excludes halogenated alkanes) is 7. The molecule has 0 aliphatic rings. The second-order valence-electron chi connectivity index (χ2n) is 5.38. The highest BCUT2D eigenvalue weighted by Crippen LogP contribution is 2.11. The average Bonchev–Trinajstić information content (AvgIpc) is 2.36. The molecule has 0 rings (SSSR count). The summed E-state index contributed by atoms with van der Waals surface area (Å²) < 4.78 is 0. The molecule has 106 valence electrons. The summed E-state index contributed by atoms with van der Waals surface area (Å²) in [4.78, 5) is 0. The molecule has 0 aromatic rings. The molecule has 0 saturated heterocycles. The molecule has 0 aliphatic carbocycles. The third-order valence-electron chi connectivity index (χ3n) is 3.21. The van der Waals surface area contributed by atoms with E-state index in [0.717, 1.165) is 25.0 Å². The van der Waals surface area contributed by atoms with E-state index < -0.39 is 0 Å². The predicted octanol–water partition coefficient (Wildman–Crippen LogP) is 5.70. The Kier molecular flexibility index (Phi) is 12.1. The summed E-state index contributed by atoms with van der Waals surface area (Å²) in [6, 6.07) is 0. The largest absolute Gasteiger partial charge is 0.411 e. The molecule has 0 aliphatic heterocycles. The standard InChI is InChI=1S/C16H31NO/c1-4-5-6-7-8-9-10-11-12-16(17-18)14-13-15(2)3/h13,18H,4-12,14H2,1-3H3. The Labute approximate surface area is 113 Å². The van der Waals surface area contributed by atoms with Crippen molar-refractivity contribution in [3.8, 4) is 0 Å². The zero-order valence-electron chi connectivity index (χ0n) is 12.5. The van der Waals surface area contributed by atoms with Gasteiger partial charge in [-0.2, -0.15) is 0 Å². The predicted molar refractivity (Wildman–Crippen MR) is 80.5 cm³/mol. The molecule has 0 fully saturated rings. The summed E-state index contributed by atoms with van der Waals surface area (Å²) in [6.07, 6.45) is 14.4. The van der Waals surface area contributed by atoms with Gasteiger partial charge in [0.25, 0.3) is 0 Å². The van der Waals surface area contributed by atoms with Crippen molar-refractivity contribution in [2.45, 2.75) is 85.0 Å². The van der Waals surface area contributed by atoms with Crippen LogP contribution in [0.2, 0.25) is 0 Å². The van der Waals surface area contributed by atoms with E-state index in [0.29, 0.717) is 0 Å². The quantitative estimate of drug-likeness (QED) is 0.165. The first-order valence-corrected chi connectivity index (χ1v) is 7.53. The molecule has 0 aromatic carbocycles. The third kappa shape index (κ3) is 11.7. The summed E-state index contributed by atoms with van der Waals surface area (Å²) in [6.45, 7) is 6.40. The van der Waals surface area contributed by atoms with E-state index in [1.165, 1.54) is 50.5 Å². The number of hydrogen-bond donors (Lipinski definition) is 1. The number of nitrogens with zero attached hydrogens (tertiary/aromatic N) is 1. The third-order valence-corrected chi connectivity index (χ3v) is 3.21.